The molecule has 10 heteroatoms. The fraction of sp³-hybridized carbons (Fsp3) is 0.250. The number of fused-ring (bicyclic) bond motifs is 2. The largest absolute Gasteiger partial charge is 0.324 e. The van der Waals surface area contributed by atoms with Crippen molar-refractivity contribution in [2.75, 3.05) is 18.9 Å². The standard InChI is InChI=1S/C28H28N8O2/c1-18(2)35-27(38)22-16-29-28(30-21-11-10-19-12-14-33(3)17-20(19)15-21)32-26(22)36(35)24-8-6-7-23(31-24)34-13-5-4-9-25(34)37/h4-11,13,15-16,18H,12,14,17H2,1-3H3,(H,29,30,32). The number of aromatic nitrogens is 6. The summed E-state index contributed by atoms with van der Waals surface area (Å²) >= 11 is 0. The number of anilines is 2. The quantitative estimate of drug-likeness (QED) is 0.388. The summed E-state index contributed by atoms with van der Waals surface area (Å²) < 4.78 is 4.77. The van der Waals surface area contributed by atoms with Gasteiger partial charge in [-0.05, 0) is 68.8 Å². The highest BCUT2D eigenvalue weighted by molar-refractivity contribution is 5.77. The van der Waals surface area contributed by atoms with Crippen LogP contribution in [0.2, 0.25) is 0 Å². The van der Waals surface area contributed by atoms with Crippen LogP contribution in [0.4, 0.5) is 11.6 Å². The minimum atomic E-state index is -0.206. The van der Waals surface area contributed by atoms with Crippen molar-refractivity contribution in [3.05, 3.63) is 98.8 Å². The molecule has 0 atom stereocenters. The summed E-state index contributed by atoms with van der Waals surface area (Å²) in [7, 11) is 2.12. The van der Waals surface area contributed by atoms with Gasteiger partial charge in [0.2, 0.25) is 5.95 Å². The summed E-state index contributed by atoms with van der Waals surface area (Å²) in [6.07, 6.45) is 4.25. The lowest BCUT2D eigenvalue weighted by Gasteiger charge is -2.25. The van der Waals surface area contributed by atoms with Gasteiger partial charge in [0.25, 0.3) is 11.1 Å². The fourth-order valence-electron chi connectivity index (χ4n) is 4.93. The van der Waals surface area contributed by atoms with Gasteiger partial charge in [-0.1, -0.05) is 18.2 Å². The minimum Gasteiger partial charge on any atom is -0.324 e. The van der Waals surface area contributed by atoms with Gasteiger partial charge in [0.1, 0.15) is 11.2 Å². The molecule has 0 aliphatic carbocycles. The summed E-state index contributed by atoms with van der Waals surface area (Å²) in [5, 5.41) is 3.70. The predicted molar refractivity (Wildman–Crippen MR) is 147 cm³/mol. The first-order valence-electron chi connectivity index (χ1n) is 12.6. The van der Waals surface area contributed by atoms with Gasteiger partial charge < -0.3 is 10.2 Å². The second-order valence-electron chi connectivity index (χ2n) is 9.85. The van der Waals surface area contributed by atoms with E-state index in [1.807, 2.05) is 26.0 Å². The summed E-state index contributed by atoms with van der Waals surface area (Å²) in [6, 6.07) is 16.4. The zero-order valence-electron chi connectivity index (χ0n) is 21.5. The number of nitrogens with one attached hydrogen (secondary N) is 1. The van der Waals surface area contributed by atoms with Crippen LogP contribution >= 0.6 is 0 Å². The van der Waals surface area contributed by atoms with Crippen LogP contribution in [0.25, 0.3) is 22.7 Å². The number of rotatable bonds is 5. The van der Waals surface area contributed by atoms with Crippen molar-refractivity contribution in [3.63, 3.8) is 0 Å². The Hall–Kier alpha value is -4.57. The molecular formula is C28H28N8O2. The van der Waals surface area contributed by atoms with Gasteiger partial charge in [0.15, 0.2) is 11.5 Å². The summed E-state index contributed by atoms with van der Waals surface area (Å²) in [5.41, 5.74) is 3.56. The molecule has 0 spiro atoms. The molecule has 6 rings (SSSR count). The van der Waals surface area contributed by atoms with Crippen LogP contribution in [-0.4, -0.2) is 47.4 Å². The zero-order chi connectivity index (χ0) is 26.4. The Kier molecular flexibility index (Phi) is 5.88. The number of pyridine rings is 2. The second kappa shape index (κ2) is 9.38. The van der Waals surface area contributed by atoms with Crippen molar-refractivity contribution in [1.82, 2.24) is 33.8 Å². The summed E-state index contributed by atoms with van der Waals surface area (Å²) in [6.45, 7) is 5.81. The first-order valence-corrected chi connectivity index (χ1v) is 12.6. The van der Waals surface area contributed by atoms with Gasteiger partial charge in [-0.2, -0.15) is 4.98 Å². The number of benzene rings is 1. The molecule has 5 aromatic rings. The normalized spacial score (nSPS) is 13.7. The van der Waals surface area contributed by atoms with Crippen molar-refractivity contribution in [3.8, 4) is 11.6 Å². The van der Waals surface area contributed by atoms with Gasteiger partial charge in [-0.3, -0.25) is 14.2 Å². The van der Waals surface area contributed by atoms with Crippen LogP contribution in [0.5, 0.6) is 0 Å². The smallest absolute Gasteiger partial charge is 0.278 e. The van der Waals surface area contributed by atoms with Crippen LogP contribution in [0.3, 0.4) is 0 Å². The van der Waals surface area contributed by atoms with Crippen molar-refractivity contribution in [2.45, 2.75) is 32.9 Å². The SMILES string of the molecule is CC(C)n1c(=O)c2cnc(Nc3ccc4c(c3)CN(C)CC4)nc2n1-c1cccc(-n2ccccc2=O)n1. The molecule has 0 saturated carbocycles. The molecule has 0 fully saturated rings. The molecule has 192 valence electrons. The lowest BCUT2D eigenvalue weighted by Crippen LogP contribution is -2.26. The van der Waals surface area contributed by atoms with Crippen LogP contribution in [-0.2, 0) is 13.0 Å². The van der Waals surface area contributed by atoms with E-state index in [9.17, 15) is 9.59 Å². The van der Waals surface area contributed by atoms with Crippen LogP contribution in [0, 0.1) is 0 Å². The molecule has 1 aliphatic rings. The Bertz CT molecular complexity index is 1780. The number of hydrogen-bond donors (Lipinski definition) is 1. The Labute approximate surface area is 218 Å². The molecule has 10 nitrogen and oxygen atoms in total. The molecular weight excluding hydrogens is 480 g/mol. The molecule has 0 unspecified atom stereocenters. The lowest BCUT2D eigenvalue weighted by molar-refractivity contribution is 0.313. The average molecular weight is 509 g/mol. The first-order chi connectivity index (χ1) is 18.4. The molecule has 0 saturated heterocycles. The highest BCUT2D eigenvalue weighted by Crippen LogP contribution is 2.25. The van der Waals surface area contributed by atoms with E-state index in [0.29, 0.717) is 28.6 Å². The minimum absolute atomic E-state index is 0.171. The van der Waals surface area contributed by atoms with Gasteiger partial charge >= 0.3 is 0 Å². The topological polar surface area (TPSA) is 103 Å². The highest BCUT2D eigenvalue weighted by Gasteiger charge is 2.21. The molecule has 0 radical (unpaired) electrons. The molecule has 1 aromatic carbocycles. The average Bonchev–Trinajstić information content (AvgIpc) is 3.20. The van der Waals surface area contributed by atoms with Crippen LogP contribution in [0.15, 0.2) is 76.6 Å². The Balaban J connectivity index is 1.46. The van der Waals surface area contributed by atoms with E-state index in [1.54, 1.807) is 46.0 Å². The Morgan fingerprint density at radius 3 is 2.61 bits per heavy atom. The maximum Gasteiger partial charge on any atom is 0.278 e. The van der Waals surface area contributed by atoms with Crippen molar-refractivity contribution < 1.29 is 0 Å². The first kappa shape index (κ1) is 23.8. The Morgan fingerprint density at radius 2 is 1.79 bits per heavy atom. The maximum absolute atomic E-state index is 13.4. The van der Waals surface area contributed by atoms with Crippen LogP contribution < -0.4 is 16.4 Å². The third-order valence-electron chi connectivity index (χ3n) is 6.78. The van der Waals surface area contributed by atoms with Gasteiger partial charge in [0, 0.05) is 43.3 Å². The van der Waals surface area contributed by atoms with Crippen molar-refractivity contribution in [2.24, 2.45) is 0 Å². The highest BCUT2D eigenvalue weighted by atomic mass is 16.1. The lowest BCUT2D eigenvalue weighted by atomic mass is 9.99. The summed E-state index contributed by atoms with van der Waals surface area (Å²) in [4.78, 5) is 42.0. The maximum atomic E-state index is 13.4. The van der Waals surface area contributed by atoms with Crippen LogP contribution in [0.1, 0.15) is 31.0 Å². The zero-order valence-corrected chi connectivity index (χ0v) is 21.5. The van der Waals surface area contributed by atoms with Crippen molar-refractivity contribution >= 4 is 22.7 Å². The van der Waals surface area contributed by atoms with E-state index in [0.717, 1.165) is 25.2 Å². The fourth-order valence-corrected chi connectivity index (χ4v) is 4.93. The van der Waals surface area contributed by atoms with E-state index in [2.05, 4.69) is 34.4 Å². The number of nitrogens with zero attached hydrogens (tertiary/aromatic N) is 7. The third-order valence-corrected chi connectivity index (χ3v) is 6.78. The molecule has 0 bridgehead atoms. The number of likely N-dealkylation sites (N-methyl/N-ethyl adjacent to an activating group) is 1. The molecule has 4 aromatic heterocycles. The van der Waals surface area contributed by atoms with Crippen molar-refractivity contribution in [1.29, 1.82) is 0 Å². The van der Waals surface area contributed by atoms with E-state index in [-0.39, 0.29) is 17.2 Å². The predicted octanol–water partition coefficient (Wildman–Crippen LogP) is 3.44. The molecule has 1 N–H and O–H groups in total. The van der Waals surface area contributed by atoms with E-state index >= 15 is 0 Å². The van der Waals surface area contributed by atoms with E-state index in [1.165, 1.54) is 21.8 Å². The third kappa shape index (κ3) is 4.18. The molecule has 1 aliphatic heterocycles. The number of hydrogen-bond acceptors (Lipinski definition) is 7. The molecule has 0 amide bonds. The van der Waals surface area contributed by atoms with Gasteiger partial charge in [0.05, 0.1) is 0 Å². The van der Waals surface area contributed by atoms with E-state index in [4.69, 9.17) is 9.97 Å². The molecule has 5 heterocycles. The summed E-state index contributed by atoms with van der Waals surface area (Å²) in [5.74, 6) is 1.30. The second-order valence-corrected chi connectivity index (χ2v) is 9.85. The van der Waals surface area contributed by atoms with Gasteiger partial charge in [-0.15, -0.1) is 0 Å². The van der Waals surface area contributed by atoms with E-state index < -0.39 is 0 Å². The monoisotopic (exact) mass is 508 g/mol. The molecule has 38 heavy (non-hydrogen) atoms. The van der Waals surface area contributed by atoms with Gasteiger partial charge in [-0.25, -0.2) is 19.3 Å². The Morgan fingerprint density at radius 1 is 0.947 bits per heavy atom.